The van der Waals surface area contributed by atoms with Crippen LogP contribution in [-0.4, -0.2) is 289 Å². The number of benzene rings is 2. The molecule has 10 rings (SSSR count). The van der Waals surface area contributed by atoms with E-state index in [4.69, 9.17) is 75.6 Å². The van der Waals surface area contributed by atoms with Crippen LogP contribution in [0.3, 0.4) is 0 Å². The molecule has 0 aliphatic carbocycles. The lowest BCUT2D eigenvalue weighted by atomic mass is 9.83. The molecule has 8 bridgehead atoms. The van der Waals surface area contributed by atoms with Crippen molar-refractivity contribution in [1.29, 1.82) is 0 Å². The quantitative estimate of drug-likeness (QED) is 0.0285. The van der Waals surface area contributed by atoms with Crippen molar-refractivity contribution >= 4 is 118 Å². The summed E-state index contributed by atoms with van der Waals surface area (Å²) < 4.78 is 53.2. The van der Waals surface area contributed by atoms with Gasteiger partial charge in [-0.3, -0.25) is 83.3 Å². The molecule has 4 saturated heterocycles. The Morgan fingerprint density at radius 3 is 1.32 bits per heavy atom. The number of fused-ring (bicyclic) bond motifs is 10. The van der Waals surface area contributed by atoms with Gasteiger partial charge in [0.05, 0.1) is 63.7 Å². The van der Waals surface area contributed by atoms with E-state index in [1.54, 1.807) is 88.4 Å². The Kier molecular flexibility index (Phi) is 30.0. The molecule has 0 saturated carbocycles. The fourth-order valence-corrected chi connectivity index (χ4v) is 16.5. The fraction of sp³-hybridized carbons (Fsp3) is 0.548. The predicted octanol–water partition coefficient (Wildman–Crippen LogP) is 4.96. The molecule has 37 nitrogen and oxygen atoms in total. The number of ether oxygens (including phenoxy) is 9. The van der Waals surface area contributed by atoms with E-state index in [1.807, 2.05) is 13.8 Å². The minimum Gasteiger partial charge on any atom is -0.495 e. The first kappa shape index (κ1) is 94.6. The summed E-state index contributed by atoms with van der Waals surface area (Å²) >= 11 is 13.8. The van der Waals surface area contributed by atoms with Gasteiger partial charge >= 0.3 is 24.1 Å². The molecule has 0 radical (unpaired) electrons. The third kappa shape index (κ3) is 21.2. The molecule has 0 spiro atoms. The van der Waals surface area contributed by atoms with E-state index in [0.717, 1.165) is 65.1 Å². The molecular formula is C84H106Cl2N10O27. The molecule has 16 atom stereocenters. The van der Waals surface area contributed by atoms with Crippen LogP contribution in [-0.2, 0) is 113 Å². The van der Waals surface area contributed by atoms with Gasteiger partial charge in [0.15, 0.2) is 11.4 Å². The number of imide groups is 2. The van der Waals surface area contributed by atoms with Gasteiger partial charge in [0, 0.05) is 130 Å². The molecule has 8 aliphatic heterocycles. The number of methoxy groups -OCH3 is 4. The molecule has 4 fully saturated rings. The molecule has 12 amide bonds. The Bertz CT molecular complexity index is 4670. The van der Waals surface area contributed by atoms with Gasteiger partial charge < -0.3 is 72.4 Å². The van der Waals surface area contributed by atoms with Crippen LogP contribution in [0.15, 0.2) is 96.2 Å². The van der Waals surface area contributed by atoms with Crippen LogP contribution >= 0.6 is 23.2 Å². The number of hydrogen-bond donors (Lipinski definition) is 4. The number of carbonyl (C=O) groups excluding carboxylic acids is 14. The van der Waals surface area contributed by atoms with Crippen molar-refractivity contribution in [2.45, 2.75) is 203 Å². The van der Waals surface area contributed by atoms with E-state index in [9.17, 15) is 77.3 Å². The summed E-state index contributed by atoms with van der Waals surface area (Å²) in [5, 5.41) is 30.8. The van der Waals surface area contributed by atoms with E-state index in [1.165, 1.54) is 80.3 Å². The second-order valence-electron chi connectivity index (χ2n) is 32.2. The highest BCUT2D eigenvalue weighted by Crippen LogP contribution is 2.52. The van der Waals surface area contributed by atoms with Gasteiger partial charge in [0.1, 0.15) is 81.5 Å². The first-order chi connectivity index (χ1) is 57.9. The van der Waals surface area contributed by atoms with Gasteiger partial charge in [0.2, 0.25) is 35.4 Å². The van der Waals surface area contributed by atoms with Crippen LogP contribution in [0.25, 0.3) is 0 Å². The van der Waals surface area contributed by atoms with Gasteiger partial charge in [-0.15, -0.1) is 0 Å². The third-order valence-electron chi connectivity index (χ3n) is 23.9. The average molecular weight is 1760 g/mol. The number of nitrogens with zero attached hydrogens (tertiary/aromatic N) is 8. The highest BCUT2D eigenvalue weighted by Gasteiger charge is 2.66. The number of nitrogens with one attached hydrogen (secondary N) is 2. The Morgan fingerprint density at radius 2 is 0.935 bits per heavy atom. The van der Waals surface area contributed by atoms with Gasteiger partial charge in [0.25, 0.3) is 23.6 Å². The van der Waals surface area contributed by atoms with Crippen molar-refractivity contribution in [1.82, 2.24) is 40.3 Å². The first-order valence-electron chi connectivity index (χ1n) is 40.0. The van der Waals surface area contributed by atoms with Gasteiger partial charge in [-0.2, -0.15) is 4.89 Å². The second kappa shape index (κ2) is 39.1. The number of hydrogen-bond acceptors (Lipinski definition) is 27. The summed E-state index contributed by atoms with van der Waals surface area (Å²) in [6, 6.07) is 3.70. The number of anilines is 2. The highest BCUT2D eigenvalue weighted by atomic mass is 35.5. The third-order valence-corrected chi connectivity index (χ3v) is 24.6. The largest absolute Gasteiger partial charge is 0.495 e. The minimum atomic E-state index is -2.01. The normalized spacial score (nSPS) is 29.7. The van der Waals surface area contributed by atoms with Gasteiger partial charge in [-0.25, -0.2) is 19.2 Å². The molecule has 123 heavy (non-hydrogen) atoms. The molecule has 2 aromatic carbocycles. The topological polar surface area (TPSA) is 438 Å². The summed E-state index contributed by atoms with van der Waals surface area (Å²) in [5.74, 6) is -11.6. The smallest absolute Gasteiger partial charge is 0.409 e. The van der Waals surface area contributed by atoms with Gasteiger partial charge in [-0.1, -0.05) is 84.7 Å². The number of epoxide rings is 2. The van der Waals surface area contributed by atoms with E-state index in [0.29, 0.717) is 24.0 Å². The summed E-state index contributed by atoms with van der Waals surface area (Å²) in [6.45, 7) is 10.1. The molecule has 8 aliphatic rings. The maximum Gasteiger partial charge on any atom is 0.409 e. The number of esters is 1. The first-order valence-corrected chi connectivity index (χ1v) is 40.7. The molecule has 4 unspecified atom stereocenters. The number of alkyl carbamates (subject to hydrolysis) is 2. The minimum absolute atomic E-state index is 0.0745. The summed E-state index contributed by atoms with van der Waals surface area (Å²) in [6.07, 6.45) is -0.951. The lowest BCUT2D eigenvalue weighted by Crippen LogP contribution is -2.63. The molecule has 668 valence electrons. The lowest BCUT2D eigenvalue weighted by Gasteiger charge is -2.42. The number of rotatable bonds is 23. The predicted molar refractivity (Wildman–Crippen MR) is 437 cm³/mol. The van der Waals surface area contributed by atoms with E-state index in [-0.39, 0.29) is 45.8 Å². The summed E-state index contributed by atoms with van der Waals surface area (Å²) in [7, 11) is 10.9. The Morgan fingerprint density at radius 1 is 0.561 bits per heavy atom. The van der Waals surface area contributed by atoms with Crippen LogP contribution in [0.4, 0.5) is 21.0 Å². The van der Waals surface area contributed by atoms with Crippen LogP contribution < -0.4 is 29.9 Å². The number of hydrazine groups is 1. The Labute approximate surface area is 720 Å². The van der Waals surface area contributed by atoms with Gasteiger partial charge in [-0.05, 0) is 89.8 Å². The fourth-order valence-electron chi connectivity index (χ4n) is 15.8. The summed E-state index contributed by atoms with van der Waals surface area (Å²) in [5.41, 5.74) is -3.65. The van der Waals surface area contributed by atoms with E-state index >= 15 is 0 Å². The second-order valence-corrected chi connectivity index (χ2v) is 33.0. The Hall–Kier alpha value is -10.6. The number of amides is 12. The average Bonchev–Trinajstić information content (AvgIpc) is 1.57. The van der Waals surface area contributed by atoms with Crippen molar-refractivity contribution in [2.75, 3.05) is 92.6 Å². The van der Waals surface area contributed by atoms with E-state index in [2.05, 4.69) is 10.6 Å². The Balaban J connectivity index is 0.888. The molecule has 8 heterocycles. The molecule has 39 heteroatoms. The maximum absolute atomic E-state index is 14.9. The van der Waals surface area contributed by atoms with Crippen molar-refractivity contribution in [3.63, 3.8) is 0 Å². The standard InChI is InChI=1S/C84H106Cl2N10O27/c1-45-19-17-21-59(115-15)83(111)43-57(117-79(109)87-83)47(3)75-81(7,120-75)61(41-71(105)91(11)53-37-51(35-45)39-55(113-13)73(53)85)119-77(107)49(5)89(9)63(97)29-33-95(69(103)27-31-93-65(99)23-24-66(93)100)96(70(104)28-32-94-67(101)25-26-68(94)102)34-30-64(98)90(10)50(6)78(108)123-122-62-42-72(106)92(12)54-38-52(40-56(114-14)74(54)86)36-46(2)20-18-22-60(116-16)84(112)44-58(118-80(110)88-84)48(4)76-82(62,8)121-76/h17-26,37-40,47-50,57-62,75-76,111-112H,27-36,41-44H2,1-16H3,(H,87,109)(H,88,110)/b21-17+,22-18+,45-19+,46-20+/t47-,48-,49+,50+,57?,58?,59-,60-,61+,62+,75-,76-,81?,82?,83+,84+/m1/s1. The van der Waals surface area contributed by atoms with Crippen LogP contribution in [0, 0.1) is 11.8 Å². The SMILES string of the molecule is COc1cc2cc(c1Cl)N(C)C(=O)C[C@H](OOC(=O)[C@H](C)N(C)C(=O)CCN(C(=O)CCN1C(=O)C=CC1=O)N(CCC(=O)N(C)[C@@H](C)C(=O)O[C@H]1CC(=O)N(C)c3cc(cc(OC)c3Cl)C/C(C)=C/C=C/[C@@H](OC)[C@@]3(O)CC(OC(=O)N3)[C@@H](C)[C@H]3OC13C)C(=O)CCN1C(=O)C=CC1=O)C1(C)O[C@@H]1[C@H](C)C1C[C@@](O)(NC(=O)O1)[C@H](OC)/C=C/C=C(\C)C2. The van der Waals surface area contributed by atoms with Crippen LogP contribution in [0.1, 0.15) is 118 Å². The molecular weight excluding hydrogens is 1650 g/mol. The van der Waals surface area contributed by atoms with E-state index < -0.39 is 243 Å². The zero-order valence-corrected chi connectivity index (χ0v) is 72.9. The lowest BCUT2D eigenvalue weighted by molar-refractivity contribution is -0.309. The maximum atomic E-state index is 14.9. The number of allylic oxidation sites excluding steroid dienone is 6. The number of halogens is 2. The van der Waals surface area contributed by atoms with Crippen molar-refractivity contribution in [3.05, 3.63) is 117 Å². The monoisotopic (exact) mass is 1760 g/mol. The zero-order chi connectivity index (χ0) is 90.4. The summed E-state index contributed by atoms with van der Waals surface area (Å²) in [4.78, 5) is 213. The number of carbonyl (C=O) groups is 14. The molecule has 2 aromatic rings. The number of aliphatic hydroxyl groups is 2. The van der Waals surface area contributed by atoms with Crippen molar-refractivity contribution < 1.29 is 130 Å². The number of likely N-dealkylation sites (N-methyl/N-ethyl adjacent to an activating group) is 2. The molecule has 0 aromatic heterocycles. The zero-order valence-electron chi connectivity index (χ0n) is 71.3. The van der Waals surface area contributed by atoms with Crippen LogP contribution in [0.2, 0.25) is 10.0 Å². The highest BCUT2D eigenvalue weighted by molar-refractivity contribution is 6.36. The van der Waals surface area contributed by atoms with Crippen molar-refractivity contribution in [2.24, 2.45) is 11.8 Å². The van der Waals surface area contributed by atoms with Crippen molar-refractivity contribution in [3.8, 4) is 11.5 Å². The molecule has 4 N–H and O–H groups in total. The van der Waals surface area contributed by atoms with Crippen LogP contribution in [0.5, 0.6) is 11.5 Å².